The topological polar surface area (TPSA) is 9.23 Å². The third kappa shape index (κ3) is 3.28. The van der Waals surface area contributed by atoms with Crippen LogP contribution in [0, 0.1) is 13.8 Å². The number of alkyl halides is 3. The summed E-state index contributed by atoms with van der Waals surface area (Å²) in [5.74, 6) is -0.177. The van der Waals surface area contributed by atoms with Gasteiger partial charge in [0.05, 0.1) is 0 Å². The maximum atomic E-state index is 12.4. The van der Waals surface area contributed by atoms with E-state index in [2.05, 4.69) is 4.74 Å². The first-order chi connectivity index (χ1) is 8.87. The Balaban J connectivity index is 2.53. The second-order valence-electron chi connectivity index (χ2n) is 4.36. The van der Waals surface area contributed by atoms with Crippen LogP contribution >= 0.6 is 0 Å². The Bertz CT molecular complexity index is 588. The number of halogens is 3. The summed E-state index contributed by atoms with van der Waals surface area (Å²) in [5.41, 5.74) is 3.09. The summed E-state index contributed by atoms with van der Waals surface area (Å²) in [6, 6.07) is 11.8. The van der Waals surface area contributed by atoms with Gasteiger partial charge in [-0.15, -0.1) is 13.2 Å². The summed E-state index contributed by atoms with van der Waals surface area (Å²) in [4.78, 5) is 0. The molecule has 0 aliphatic rings. The normalized spacial score (nSPS) is 11.4. The van der Waals surface area contributed by atoms with Gasteiger partial charge in [0.2, 0.25) is 0 Å². The van der Waals surface area contributed by atoms with E-state index in [1.807, 2.05) is 32.0 Å². The van der Waals surface area contributed by atoms with Gasteiger partial charge in [-0.3, -0.25) is 0 Å². The summed E-state index contributed by atoms with van der Waals surface area (Å²) in [6.45, 7) is 3.76. The molecule has 0 aromatic heterocycles. The van der Waals surface area contributed by atoms with Gasteiger partial charge in [-0.2, -0.15) is 0 Å². The van der Waals surface area contributed by atoms with Crippen LogP contribution in [0.1, 0.15) is 11.1 Å². The van der Waals surface area contributed by atoms with Crippen LogP contribution in [0.5, 0.6) is 5.75 Å². The number of aryl methyl sites for hydroxylation is 2. The lowest BCUT2D eigenvalue weighted by Gasteiger charge is -2.15. The number of hydrogen-bond donors (Lipinski definition) is 0. The van der Waals surface area contributed by atoms with Crippen LogP contribution in [0.3, 0.4) is 0 Å². The molecule has 0 aliphatic heterocycles. The summed E-state index contributed by atoms with van der Waals surface area (Å²) < 4.78 is 41.3. The molecule has 2 aromatic carbocycles. The van der Waals surface area contributed by atoms with E-state index in [1.54, 1.807) is 12.1 Å². The van der Waals surface area contributed by atoms with Gasteiger partial charge in [0, 0.05) is 5.56 Å². The maximum absolute atomic E-state index is 12.4. The predicted octanol–water partition coefficient (Wildman–Crippen LogP) is 4.87. The third-order valence-corrected chi connectivity index (χ3v) is 2.80. The molecule has 0 unspecified atom stereocenters. The molecule has 0 spiro atoms. The first-order valence-corrected chi connectivity index (χ1v) is 5.79. The number of rotatable bonds is 2. The summed E-state index contributed by atoms with van der Waals surface area (Å²) in [5, 5.41) is 0. The zero-order valence-corrected chi connectivity index (χ0v) is 10.6. The fraction of sp³-hybridized carbons (Fsp3) is 0.200. The van der Waals surface area contributed by atoms with E-state index < -0.39 is 6.36 Å². The van der Waals surface area contributed by atoms with Crippen LogP contribution < -0.4 is 4.74 Å². The molecule has 2 aromatic rings. The van der Waals surface area contributed by atoms with Crippen LogP contribution in [0.4, 0.5) is 13.2 Å². The second kappa shape index (κ2) is 4.96. The van der Waals surface area contributed by atoms with E-state index >= 15 is 0 Å². The number of hydrogen-bond acceptors (Lipinski definition) is 1. The molecular formula is C15H13F3O. The molecule has 0 bridgehead atoms. The first-order valence-electron chi connectivity index (χ1n) is 5.79. The van der Waals surface area contributed by atoms with Crippen molar-refractivity contribution in [3.05, 3.63) is 53.6 Å². The minimum Gasteiger partial charge on any atom is -0.405 e. The van der Waals surface area contributed by atoms with Crippen molar-refractivity contribution in [2.75, 3.05) is 0 Å². The zero-order valence-electron chi connectivity index (χ0n) is 10.6. The first kappa shape index (κ1) is 13.5. The largest absolute Gasteiger partial charge is 0.573 e. The summed E-state index contributed by atoms with van der Waals surface area (Å²) in [7, 11) is 0. The molecule has 19 heavy (non-hydrogen) atoms. The average molecular weight is 266 g/mol. The highest BCUT2D eigenvalue weighted by Crippen LogP contribution is 2.35. The molecule has 4 heteroatoms. The van der Waals surface area contributed by atoms with Gasteiger partial charge in [0.1, 0.15) is 5.75 Å². The Morgan fingerprint density at radius 1 is 0.895 bits per heavy atom. The molecule has 0 fully saturated rings. The molecule has 0 aliphatic carbocycles. The third-order valence-electron chi connectivity index (χ3n) is 2.80. The van der Waals surface area contributed by atoms with Crippen LogP contribution in [0.25, 0.3) is 11.1 Å². The summed E-state index contributed by atoms with van der Waals surface area (Å²) in [6.07, 6.45) is -4.69. The van der Waals surface area contributed by atoms with Crippen molar-refractivity contribution in [2.45, 2.75) is 20.2 Å². The fourth-order valence-corrected chi connectivity index (χ4v) is 1.93. The quantitative estimate of drug-likeness (QED) is 0.753. The highest BCUT2D eigenvalue weighted by atomic mass is 19.4. The van der Waals surface area contributed by atoms with E-state index in [9.17, 15) is 13.2 Å². The average Bonchev–Trinajstić information content (AvgIpc) is 2.31. The summed E-state index contributed by atoms with van der Waals surface area (Å²) >= 11 is 0. The Kier molecular flexibility index (Phi) is 3.51. The van der Waals surface area contributed by atoms with Crippen molar-refractivity contribution in [3.63, 3.8) is 0 Å². The van der Waals surface area contributed by atoms with Gasteiger partial charge >= 0.3 is 6.36 Å². The van der Waals surface area contributed by atoms with Crippen LogP contribution in [0.2, 0.25) is 0 Å². The molecule has 100 valence electrons. The molecule has 0 N–H and O–H groups in total. The van der Waals surface area contributed by atoms with Crippen LogP contribution in [0.15, 0.2) is 42.5 Å². The Morgan fingerprint density at radius 2 is 1.58 bits per heavy atom. The molecular weight excluding hydrogens is 253 g/mol. The molecule has 0 amide bonds. The van der Waals surface area contributed by atoms with Crippen LogP contribution in [-0.4, -0.2) is 6.36 Å². The van der Waals surface area contributed by atoms with E-state index in [-0.39, 0.29) is 5.75 Å². The fourth-order valence-electron chi connectivity index (χ4n) is 1.93. The molecule has 1 nitrogen and oxygen atoms in total. The standard InChI is InChI=1S/C15H13F3O/c1-10-7-8-11(2)13(9-10)12-5-3-4-6-14(12)19-15(16,17)18/h3-9H,1-2H3. The molecule has 0 saturated carbocycles. The zero-order chi connectivity index (χ0) is 14.0. The lowest BCUT2D eigenvalue weighted by Crippen LogP contribution is -2.17. The number of benzene rings is 2. The van der Waals surface area contributed by atoms with Crippen molar-refractivity contribution in [3.8, 4) is 16.9 Å². The lowest BCUT2D eigenvalue weighted by molar-refractivity contribution is -0.274. The van der Waals surface area contributed by atoms with Gasteiger partial charge in [-0.05, 0) is 31.0 Å². The van der Waals surface area contributed by atoms with Gasteiger partial charge in [0.15, 0.2) is 0 Å². The van der Waals surface area contributed by atoms with Crippen molar-refractivity contribution in [2.24, 2.45) is 0 Å². The Hall–Kier alpha value is -1.97. The van der Waals surface area contributed by atoms with Crippen LogP contribution in [-0.2, 0) is 0 Å². The molecule has 0 saturated heterocycles. The smallest absolute Gasteiger partial charge is 0.405 e. The lowest BCUT2D eigenvalue weighted by atomic mass is 9.98. The van der Waals surface area contributed by atoms with Gasteiger partial charge in [-0.1, -0.05) is 42.0 Å². The van der Waals surface area contributed by atoms with Gasteiger partial charge in [-0.25, -0.2) is 0 Å². The maximum Gasteiger partial charge on any atom is 0.573 e. The van der Waals surface area contributed by atoms with Crippen molar-refractivity contribution < 1.29 is 17.9 Å². The van der Waals surface area contributed by atoms with E-state index in [1.165, 1.54) is 12.1 Å². The molecule has 0 heterocycles. The number of para-hydroxylation sites is 1. The van der Waals surface area contributed by atoms with Crippen molar-refractivity contribution in [1.29, 1.82) is 0 Å². The highest BCUT2D eigenvalue weighted by molar-refractivity contribution is 5.73. The Morgan fingerprint density at radius 3 is 2.26 bits per heavy atom. The van der Waals surface area contributed by atoms with Gasteiger partial charge in [0.25, 0.3) is 0 Å². The highest BCUT2D eigenvalue weighted by Gasteiger charge is 2.32. The van der Waals surface area contributed by atoms with E-state index in [0.29, 0.717) is 5.56 Å². The minimum absolute atomic E-state index is 0.177. The predicted molar refractivity (Wildman–Crippen MR) is 68.0 cm³/mol. The number of ether oxygens (including phenoxy) is 1. The van der Waals surface area contributed by atoms with E-state index in [0.717, 1.165) is 16.7 Å². The Labute approximate surface area is 109 Å². The molecule has 2 rings (SSSR count). The minimum atomic E-state index is -4.69. The van der Waals surface area contributed by atoms with E-state index in [4.69, 9.17) is 0 Å². The molecule has 0 atom stereocenters. The van der Waals surface area contributed by atoms with Crippen molar-refractivity contribution in [1.82, 2.24) is 0 Å². The molecule has 0 radical (unpaired) electrons. The van der Waals surface area contributed by atoms with Crippen molar-refractivity contribution >= 4 is 0 Å². The second-order valence-corrected chi connectivity index (χ2v) is 4.36. The SMILES string of the molecule is Cc1ccc(C)c(-c2ccccc2OC(F)(F)F)c1. The monoisotopic (exact) mass is 266 g/mol. The van der Waals surface area contributed by atoms with Gasteiger partial charge < -0.3 is 4.74 Å².